The van der Waals surface area contributed by atoms with Crippen LogP contribution in [0.25, 0.3) is 0 Å². The van der Waals surface area contributed by atoms with E-state index in [1.54, 1.807) is 0 Å². The van der Waals surface area contributed by atoms with Crippen molar-refractivity contribution in [3.8, 4) is 0 Å². The summed E-state index contributed by atoms with van der Waals surface area (Å²) in [5.74, 6) is -0.648. The lowest BCUT2D eigenvalue weighted by Gasteiger charge is -2.51. The normalized spacial score (nSPS) is 32.8. The van der Waals surface area contributed by atoms with Gasteiger partial charge < -0.3 is 10.0 Å². The molecule has 0 bridgehead atoms. The fourth-order valence-corrected chi connectivity index (χ4v) is 2.91. The molecule has 0 amide bonds. The first-order valence-electron chi connectivity index (χ1n) is 5.05. The second kappa shape index (κ2) is 2.98. The zero-order valence-corrected chi connectivity index (χ0v) is 8.12. The number of hydrogen-bond acceptors (Lipinski definition) is 2. The van der Waals surface area contributed by atoms with Crippen LogP contribution in [-0.2, 0) is 4.79 Å². The lowest BCUT2D eigenvalue weighted by atomic mass is 9.58. The Balaban J connectivity index is 2.13. The first kappa shape index (κ1) is 9.00. The summed E-state index contributed by atoms with van der Waals surface area (Å²) in [7, 11) is 2.10. The Morgan fingerprint density at radius 1 is 1.54 bits per heavy atom. The van der Waals surface area contributed by atoms with E-state index in [1.807, 2.05) is 0 Å². The number of piperidine rings is 1. The summed E-state index contributed by atoms with van der Waals surface area (Å²) in [5, 5.41) is 9.11. The number of carboxylic acids is 1. The number of hydrogen-bond donors (Lipinski definition) is 1. The van der Waals surface area contributed by atoms with Gasteiger partial charge in [0.15, 0.2) is 0 Å². The predicted molar refractivity (Wildman–Crippen MR) is 49.5 cm³/mol. The molecule has 1 heterocycles. The van der Waals surface area contributed by atoms with Crippen LogP contribution >= 0.6 is 0 Å². The van der Waals surface area contributed by atoms with Crippen LogP contribution in [0.1, 0.15) is 25.7 Å². The van der Waals surface area contributed by atoms with Crippen LogP contribution in [0, 0.1) is 11.3 Å². The number of carboxylic acid groups (broad SMARTS) is 1. The Morgan fingerprint density at radius 2 is 2.23 bits per heavy atom. The van der Waals surface area contributed by atoms with Gasteiger partial charge in [0, 0.05) is 6.54 Å². The van der Waals surface area contributed by atoms with Gasteiger partial charge in [-0.1, -0.05) is 6.42 Å². The second-order valence-corrected chi connectivity index (χ2v) is 4.63. The maximum Gasteiger partial charge on any atom is 0.307 e. The van der Waals surface area contributed by atoms with E-state index in [0.717, 1.165) is 32.4 Å². The van der Waals surface area contributed by atoms with Gasteiger partial charge in [-0.3, -0.25) is 4.79 Å². The SMILES string of the molecule is CN1CCC(C(=O)O)C2(CCC2)C1. The Hall–Kier alpha value is -0.570. The molecule has 1 aliphatic carbocycles. The van der Waals surface area contributed by atoms with Gasteiger partial charge >= 0.3 is 5.97 Å². The molecular formula is C10H17NO2. The average molecular weight is 183 g/mol. The van der Waals surface area contributed by atoms with Gasteiger partial charge in [0.05, 0.1) is 5.92 Å². The van der Waals surface area contributed by atoms with Crippen LogP contribution in [0.5, 0.6) is 0 Å². The molecule has 13 heavy (non-hydrogen) atoms. The van der Waals surface area contributed by atoms with E-state index in [9.17, 15) is 4.79 Å². The molecule has 0 aromatic carbocycles. The molecule has 2 aliphatic rings. The lowest BCUT2D eigenvalue weighted by molar-refractivity contribution is -0.154. The minimum Gasteiger partial charge on any atom is -0.481 e. The molecule has 0 radical (unpaired) electrons. The molecule has 1 saturated heterocycles. The Morgan fingerprint density at radius 3 is 2.69 bits per heavy atom. The second-order valence-electron chi connectivity index (χ2n) is 4.63. The monoisotopic (exact) mass is 183 g/mol. The number of aliphatic carboxylic acids is 1. The smallest absolute Gasteiger partial charge is 0.307 e. The van der Waals surface area contributed by atoms with Crippen LogP contribution < -0.4 is 0 Å². The standard InChI is InChI=1S/C10H17NO2/c1-11-6-3-8(9(12)13)10(7-11)4-2-5-10/h8H,2-7H2,1H3,(H,12,13). The van der Waals surface area contributed by atoms with Crippen LogP contribution in [0.4, 0.5) is 0 Å². The molecule has 2 fully saturated rings. The highest BCUT2D eigenvalue weighted by molar-refractivity contribution is 5.71. The van der Waals surface area contributed by atoms with Gasteiger partial charge in [0.25, 0.3) is 0 Å². The fraction of sp³-hybridized carbons (Fsp3) is 0.900. The highest BCUT2D eigenvalue weighted by atomic mass is 16.4. The van der Waals surface area contributed by atoms with Crippen molar-refractivity contribution >= 4 is 5.97 Å². The number of likely N-dealkylation sites (tertiary alicyclic amines) is 1. The van der Waals surface area contributed by atoms with Crippen molar-refractivity contribution in [2.75, 3.05) is 20.1 Å². The molecule has 74 valence electrons. The van der Waals surface area contributed by atoms with Crippen molar-refractivity contribution in [3.63, 3.8) is 0 Å². The first-order valence-corrected chi connectivity index (χ1v) is 5.05. The molecule has 2 rings (SSSR count). The molecule has 1 unspecified atom stereocenters. The molecule has 1 atom stereocenters. The Labute approximate surface area is 78.7 Å². The van der Waals surface area contributed by atoms with E-state index in [-0.39, 0.29) is 11.3 Å². The van der Waals surface area contributed by atoms with Crippen LogP contribution in [0.15, 0.2) is 0 Å². The molecular weight excluding hydrogens is 166 g/mol. The predicted octanol–water partition coefficient (Wildman–Crippen LogP) is 1.19. The molecule has 1 saturated carbocycles. The Kier molecular flexibility index (Phi) is 2.06. The quantitative estimate of drug-likeness (QED) is 0.664. The number of rotatable bonds is 1. The summed E-state index contributed by atoms with van der Waals surface area (Å²) < 4.78 is 0. The van der Waals surface area contributed by atoms with E-state index in [4.69, 9.17) is 5.11 Å². The number of carbonyl (C=O) groups is 1. The van der Waals surface area contributed by atoms with Gasteiger partial charge in [-0.2, -0.15) is 0 Å². The summed E-state index contributed by atoms with van der Waals surface area (Å²) in [6.07, 6.45) is 4.30. The third kappa shape index (κ3) is 1.35. The fourth-order valence-electron chi connectivity index (χ4n) is 2.91. The zero-order chi connectivity index (χ0) is 9.47. The third-order valence-electron chi connectivity index (χ3n) is 3.77. The van der Waals surface area contributed by atoms with Crippen molar-refractivity contribution < 1.29 is 9.90 Å². The van der Waals surface area contributed by atoms with E-state index >= 15 is 0 Å². The minimum absolute atomic E-state index is 0.0718. The first-order chi connectivity index (χ1) is 6.14. The van der Waals surface area contributed by atoms with Gasteiger partial charge in [0.1, 0.15) is 0 Å². The maximum atomic E-state index is 11.1. The summed E-state index contributed by atoms with van der Waals surface area (Å²) in [6, 6.07) is 0. The summed E-state index contributed by atoms with van der Waals surface area (Å²) in [6.45, 7) is 1.93. The average Bonchev–Trinajstić information content (AvgIpc) is 2.00. The van der Waals surface area contributed by atoms with Crippen molar-refractivity contribution in [3.05, 3.63) is 0 Å². The largest absolute Gasteiger partial charge is 0.481 e. The molecule has 0 aromatic rings. The molecule has 3 heteroatoms. The molecule has 0 aromatic heterocycles. The van der Waals surface area contributed by atoms with Crippen molar-refractivity contribution in [2.24, 2.45) is 11.3 Å². The van der Waals surface area contributed by atoms with Gasteiger partial charge in [-0.25, -0.2) is 0 Å². The Bertz CT molecular complexity index is 223. The van der Waals surface area contributed by atoms with Gasteiger partial charge in [-0.15, -0.1) is 0 Å². The topological polar surface area (TPSA) is 40.5 Å². The highest BCUT2D eigenvalue weighted by Crippen LogP contribution is 2.50. The molecule has 1 spiro atoms. The van der Waals surface area contributed by atoms with Gasteiger partial charge in [-0.05, 0) is 38.3 Å². The number of nitrogens with zero attached hydrogens (tertiary/aromatic N) is 1. The highest BCUT2D eigenvalue weighted by Gasteiger charge is 2.49. The van der Waals surface area contributed by atoms with E-state index in [2.05, 4.69) is 11.9 Å². The van der Waals surface area contributed by atoms with Gasteiger partial charge in [0.2, 0.25) is 0 Å². The van der Waals surface area contributed by atoms with E-state index < -0.39 is 5.97 Å². The zero-order valence-electron chi connectivity index (χ0n) is 8.12. The molecule has 1 aliphatic heterocycles. The van der Waals surface area contributed by atoms with E-state index in [0.29, 0.717) is 0 Å². The third-order valence-corrected chi connectivity index (χ3v) is 3.77. The summed E-state index contributed by atoms with van der Waals surface area (Å²) in [5.41, 5.74) is 0.138. The van der Waals surface area contributed by atoms with Crippen molar-refractivity contribution in [1.82, 2.24) is 4.90 Å². The van der Waals surface area contributed by atoms with E-state index in [1.165, 1.54) is 6.42 Å². The van der Waals surface area contributed by atoms with Crippen LogP contribution in [0.2, 0.25) is 0 Å². The molecule has 3 nitrogen and oxygen atoms in total. The van der Waals surface area contributed by atoms with Crippen LogP contribution in [-0.4, -0.2) is 36.1 Å². The summed E-state index contributed by atoms with van der Waals surface area (Å²) >= 11 is 0. The molecule has 1 N–H and O–H groups in total. The van der Waals surface area contributed by atoms with Crippen LogP contribution in [0.3, 0.4) is 0 Å². The maximum absolute atomic E-state index is 11.1. The summed E-state index contributed by atoms with van der Waals surface area (Å²) in [4.78, 5) is 13.3. The van der Waals surface area contributed by atoms with Crippen molar-refractivity contribution in [1.29, 1.82) is 0 Å². The lowest BCUT2D eigenvalue weighted by Crippen LogP contribution is -2.53. The minimum atomic E-state index is -0.576. The van der Waals surface area contributed by atoms with Crippen molar-refractivity contribution in [2.45, 2.75) is 25.7 Å².